The van der Waals surface area contributed by atoms with Crippen molar-refractivity contribution in [2.75, 3.05) is 39.2 Å². The van der Waals surface area contributed by atoms with Crippen molar-refractivity contribution in [2.45, 2.75) is 26.1 Å². The van der Waals surface area contributed by atoms with Gasteiger partial charge in [-0.3, -0.25) is 4.57 Å². The van der Waals surface area contributed by atoms with Gasteiger partial charge >= 0.3 is 7.60 Å². The zero-order valence-corrected chi connectivity index (χ0v) is 13.9. The molecular formula is C10H24NO7PS. The molecule has 0 aliphatic heterocycles. The van der Waals surface area contributed by atoms with Gasteiger partial charge in [0.1, 0.15) is 0 Å². The van der Waals surface area contributed by atoms with Crippen LogP contribution in [0.5, 0.6) is 0 Å². The van der Waals surface area contributed by atoms with Crippen molar-refractivity contribution in [3.8, 4) is 0 Å². The molecule has 122 valence electrons. The van der Waals surface area contributed by atoms with Gasteiger partial charge in [-0.05, 0) is 13.8 Å². The third kappa shape index (κ3) is 10.7. The number of rotatable bonds is 10. The molecule has 0 aromatic heterocycles. The first kappa shape index (κ1) is 20.0. The summed E-state index contributed by atoms with van der Waals surface area (Å²) in [5, 5.41) is 0. The lowest BCUT2D eigenvalue weighted by atomic mass is 10.3. The van der Waals surface area contributed by atoms with E-state index in [9.17, 15) is 13.0 Å². The molecule has 10 heteroatoms. The molecule has 0 aromatic carbocycles. The summed E-state index contributed by atoms with van der Waals surface area (Å²) in [6, 6.07) is 0. The van der Waals surface area contributed by atoms with Crippen LogP contribution in [-0.2, 0) is 24.1 Å². The van der Waals surface area contributed by atoms with E-state index in [2.05, 4.69) is 0 Å². The van der Waals surface area contributed by atoms with Crippen molar-refractivity contribution < 1.29 is 32.2 Å². The summed E-state index contributed by atoms with van der Waals surface area (Å²) in [4.78, 5) is 17.4. The number of sulfonamides is 1. The minimum atomic E-state index is -4.08. The maximum atomic E-state index is 11.3. The lowest BCUT2D eigenvalue weighted by Crippen LogP contribution is -2.38. The first-order valence-corrected chi connectivity index (χ1v) is 9.75. The van der Waals surface area contributed by atoms with E-state index in [1.54, 1.807) is 0 Å². The van der Waals surface area contributed by atoms with Crippen LogP contribution in [0, 0.1) is 0 Å². The highest BCUT2D eigenvalue weighted by atomic mass is 32.2. The van der Waals surface area contributed by atoms with Gasteiger partial charge in [0.25, 0.3) is 0 Å². The second-order valence-corrected chi connectivity index (χ2v) is 8.68. The Bertz CT molecular complexity index is 419. The third-order valence-electron chi connectivity index (χ3n) is 2.32. The molecule has 0 radical (unpaired) electrons. The molecule has 8 nitrogen and oxygen atoms in total. The predicted molar refractivity (Wildman–Crippen MR) is 75.2 cm³/mol. The van der Waals surface area contributed by atoms with Crippen LogP contribution < -0.4 is 0 Å². The van der Waals surface area contributed by atoms with Crippen molar-refractivity contribution in [1.29, 1.82) is 0 Å². The van der Waals surface area contributed by atoms with Gasteiger partial charge in [0.15, 0.2) is 0 Å². The number of ether oxygens (including phenoxy) is 2. The number of nitrogens with zero attached hydrogens (tertiary/aromatic N) is 1. The largest absolute Gasteiger partial charge is 0.378 e. The van der Waals surface area contributed by atoms with E-state index in [-0.39, 0.29) is 32.0 Å². The Hall–Kier alpha value is -0.0200. The van der Waals surface area contributed by atoms with E-state index in [0.29, 0.717) is 0 Å². The summed E-state index contributed by atoms with van der Waals surface area (Å²) in [7, 11) is -5.96. The normalized spacial score (nSPS) is 15.0. The van der Waals surface area contributed by atoms with E-state index in [4.69, 9.17) is 19.3 Å². The van der Waals surface area contributed by atoms with Crippen LogP contribution in [0.1, 0.15) is 13.8 Å². The fourth-order valence-electron chi connectivity index (χ4n) is 1.34. The topological polar surface area (TPSA) is 113 Å². The summed E-state index contributed by atoms with van der Waals surface area (Å²) in [6.07, 6.45) is 0.113. The Morgan fingerprint density at radius 3 is 2.25 bits per heavy atom. The van der Waals surface area contributed by atoms with Crippen molar-refractivity contribution in [3.05, 3.63) is 0 Å². The second-order valence-electron chi connectivity index (χ2n) is 4.81. The Kier molecular flexibility index (Phi) is 8.42. The zero-order valence-electron chi connectivity index (χ0n) is 12.2. The van der Waals surface area contributed by atoms with Gasteiger partial charge in [-0.15, -0.1) is 0 Å². The molecular weight excluding hydrogens is 309 g/mol. The molecule has 0 saturated carbocycles. The van der Waals surface area contributed by atoms with Crippen molar-refractivity contribution in [3.63, 3.8) is 0 Å². The maximum Gasteiger partial charge on any atom is 0.327 e. The first-order chi connectivity index (χ1) is 8.92. The quantitative estimate of drug-likeness (QED) is 0.423. The SMILES string of the molecule is CC(C)O[C@H](COCCP(=O)(O)O)CN(C)S(C)(=O)=O. The molecule has 1 atom stereocenters. The van der Waals surface area contributed by atoms with Gasteiger partial charge < -0.3 is 19.3 Å². The molecule has 0 fully saturated rings. The molecule has 0 unspecified atom stereocenters. The van der Waals surface area contributed by atoms with Crippen LogP contribution in [0.3, 0.4) is 0 Å². The van der Waals surface area contributed by atoms with Crippen LogP contribution >= 0.6 is 7.60 Å². The average Bonchev–Trinajstić information content (AvgIpc) is 2.20. The predicted octanol–water partition coefficient (Wildman–Crippen LogP) is -0.134. The minimum Gasteiger partial charge on any atom is -0.378 e. The standard InChI is InChI=1S/C10H24NO7PS/c1-9(2)18-10(7-11(3)20(4,15)16)8-17-5-6-19(12,13)14/h9-10H,5-8H2,1-4H3,(H2,12,13,14)/t10-/m0/s1. The smallest absolute Gasteiger partial charge is 0.327 e. The summed E-state index contributed by atoms with van der Waals surface area (Å²) >= 11 is 0. The van der Waals surface area contributed by atoms with E-state index in [1.807, 2.05) is 13.8 Å². The Labute approximate surface area is 120 Å². The van der Waals surface area contributed by atoms with Crippen LogP contribution in [0.4, 0.5) is 0 Å². The fourth-order valence-corrected chi connectivity index (χ4v) is 2.14. The highest BCUT2D eigenvalue weighted by Gasteiger charge is 2.20. The van der Waals surface area contributed by atoms with Gasteiger partial charge in [0.05, 0.1) is 37.8 Å². The zero-order chi connectivity index (χ0) is 16.0. The Balaban J connectivity index is 4.33. The minimum absolute atomic E-state index is 0.0675. The number of hydrogen-bond donors (Lipinski definition) is 2. The van der Waals surface area contributed by atoms with E-state index >= 15 is 0 Å². The van der Waals surface area contributed by atoms with E-state index < -0.39 is 23.7 Å². The Morgan fingerprint density at radius 1 is 1.30 bits per heavy atom. The fraction of sp³-hybridized carbons (Fsp3) is 1.00. The Morgan fingerprint density at radius 2 is 1.85 bits per heavy atom. The summed E-state index contributed by atoms with van der Waals surface area (Å²) in [6.45, 7) is 3.70. The van der Waals surface area contributed by atoms with E-state index in [0.717, 1.165) is 10.6 Å². The third-order valence-corrected chi connectivity index (χ3v) is 4.37. The molecule has 0 rings (SSSR count). The molecule has 2 N–H and O–H groups in total. The van der Waals surface area contributed by atoms with Crippen molar-refractivity contribution in [2.24, 2.45) is 0 Å². The van der Waals surface area contributed by atoms with Crippen LogP contribution in [0.15, 0.2) is 0 Å². The summed E-state index contributed by atoms with van der Waals surface area (Å²) in [5.74, 6) is 0. The van der Waals surface area contributed by atoms with Crippen LogP contribution in [0.2, 0.25) is 0 Å². The molecule has 0 aromatic rings. The molecule has 0 bridgehead atoms. The highest BCUT2D eigenvalue weighted by Crippen LogP contribution is 2.33. The summed E-state index contributed by atoms with van der Waals surface area (Å²) < 4.78 is 45.2. The lowest BCUT2D eigenvalue weighted by molar-refractivity contribution is -0.0468. The molecule has 20 heavy (non-hydrogen) atoms. The second kappa shape index (κ2) is 8.43. The highest BCUT2D eigenvalue weighted by molar-refractivity contribution is 7.88. The van der Waals surface area contributed by atoms with Gasteiger partial charge in [0, 0.05) is 13.6 Å². The summed E-state index contributed by atoms with van der Waals surface area (Å²) in [5.41, 5.74) is 0. The molecule has 0 amide bonds. The van der Waals surface area contributed by atoms with Crippen LogP contribution in [0.25, 0.3) is 0 Å². The maximum absolute atomic E-state index is 11.3. The first-order valence-electron chi connectivity index (χ1n) is 6.11. The number of hydrogen-bond acceptors (Lipinski definition) is 5. The lowest BCUT2D eigenvalue weighted by Gasteiger charge is -2.24. The van der Waals surface area contributed by atoms with Crippen molar-refractivity contribution >= 4 is 17.6 Å². The van der Waals surface area contributed by atoms with Crippen LogP contribution in [-0.4, -0.2) is 73.9 Å². The van der Waals surface area contributed by atoms with Gasteiger partial charge in [-0.2, -0.15) is 0 Å². The van der Waals surface area contributed by atoms with Crippen molar-refractivity contribution in [1.82, 2.24) is 4.31 Å². The molecule has 0 heterocycles. The van der Waals surface area contributed by atoms with E-state index in [1.165, 1.54) is 7.05 Å². The monoisotopic (exact) mass is 333 g/mol. The van der Waals surface area contributed by atoms with Gasteiger partial charge in [-0.1, -0.05) is 0 Å². The van der Waals surface area contributed by atoms with Gasteiger partial charge in [0.2, 0.25) is 10.0 Å². The average molecular weight is 333 g/mol. The number of likely N-dealkylation sites (N-methyl/N-ethyl adjacent to an activating group) is 1. The molecule has 0 aliphatic rings. The molecule has 0 aliphatic carbocycles. The molecule has 0 spiro atoms. The van der Waals surface area contributed by atoms with Gasteiger partial charge in [-0.25, -0.2) is 12.7 Å². The molecule has 0 saturated heterocycles.